The molecule has 5 rings (SSSR count). The van der Waals surface area contributed by atoms with Crippen LogP contribution in [0.1, 0.15) is 56.9 Å². The first-order valence-corrected chi connectivity index (χ1v) is 11.3. The standard InChI is InChI=1S/C25H29N3O3/c1-30-20-12-9-17(10-13-20)18-11-14-23-21(16-18)27-24(31-23)22-8-5-15-28(22)25(29)26-19-6-3-2-4-7-19/h9-14,16,19,22H,2-8,15H2,1H3,(H,26,29)/t22-/m0/s1. The van der Waals surface area contributed by atoms with Crippen LogP contribution in [-0.4, -0.2) is 35.6 Å². The van der Waals surface area contributed by atoms with E-state index in [9.17, 15) is 4.79 Å². The predicted octanol–water partition coefficient (Wildman–Crippen LogP) is 5.68. The Morgan fingerprint density at radius 1 is 1.03 bits per heavy atom. The molecule has 0 spiro atoms. The molecule has 1 aliphatic carbocycles. The quantitative estimate of drug-likeness (QED) is 0.590. The number of hydrogen-bond donors (Lipinski definition) is 1. The number of methoxy groups -OCH3 is 1. The fraction of sp³-hybridized carbons (Fsp3) is 0.440. The van der Waals surface area contributed by atoms with Crippen molar-refractivity contribution in [1.82, 2.24) is 15.2 Å². The average Bonchev–Trinajstić information content (AvgIpc) is 3.46. The summed E-state index contributed by atoms with van der Waals surface area (Å²) in [6.45, 7) is 0.749. The number of rotatable bonds is 4. The summed E-state index contributed by atoms with van der Waals surface area (Å²) in [4.78, 5) is 19.6. The van der Waals surface area contributed by atoms with Gasteiger partial charge < -0.3 is 19.4 Å². The van der Waals surface area contributed by atoms with Crippen LogP contribution in [-0.2, 0) is 0 Å². The van der Waals surface area contributed by atoms with Gasteiger partial charge in [0, 0.05) is 12.6 Å². The van der Waals surface area contributed by atoms with Crippen LogP contribution in [0.2, 0.25) is 0 Å². The number of benzene rings is 2. The fourth-order valence-electron chi connectivity index (χ4n) is 4.82. The predicted molar refractivity (Wildman–Crippen MR) is 120 cm³/mol. The zero-order valence-corrected chi connectivity index (χ0v) is 18.0. The number of carbonyl (C=O) groups excluding carboxylic acids is 1. The summed E-state index contributed by atoms with van der Waals surface area (Å²) in [5.74, 6) is 1.47. The van der Waals surface area contributed by atoms with Gasteiger partial charge in [-0.15, -0.1) is 0 Å². The molecule has 2 aromatic carbocycles. The van der Waals surface area contributed by atoms with E-state index >= 15 is 0 Å². The Morgan fingerprint density at radius 3 is 2.58 bits per heavy atom. The van der Waals surface area contributed by atoms with Gasteiger partial charge in [-0.1, -0.05) is 37.5 Å². The normalized spacial score (nSPS) is 19.6. The second-order valence-electron chi connectivity index (χ2n) is 8.60. The van der Waals surface area contributed by atoms with Crippen molar-refractivity contribution in [1.29, 1.82) is 0 Å². The molecule has 3 aromatic rings. The molecule has 1 saturated carbocycles. The van der Waals surface area contributed by atoms with Crippen LogP contribution in [0.3, 0.4) is 0 Å². The molecule has 162 valence electrons. The van der Waals surface area contributed by atoms with Crippen LogP contribution in [0.5, 0.6) is 5.75 Å². The van der Waals surface area contributed by atoms with E-state index in [0.29, 0.717) is 11.9 Å². The van der Waals surface area contributed by atoms with E-state index in [-0.39, 0.29) is 12.1 Å². The number of fused-ring (bicyclic) bond motifs is 1. The Bertz CT molecular complexity index is 1050. The maximum Gasteiger partial charge on any atom is 0.318 e. The molecule has 2 heterocycles. The third-order valence-corrected chi connectivity index (χ3v) is 6.56. The average molecular weight is 420 g/mol. The van der Waals surface area contributed by atoms with Gasteiger partial charge in [0.15, 0.2) is 5.58 Å². The molecular weight excluding hydrogens is 390 g/mol. The smallest absolute Gasteiger partial charge is 0.318 e. The summed E-state index contributed by atoms with van der Waals surface area (Å²) in [6, 6.07) is 14.3. The molecule has 0 unspecified atom stereocenters. The minimum absolute atomic E-state index is 0.0237. The van der Waals surface area contributed by atoms with Gasteiger partial charge in [0.2, 0.25) is 5.89 Å². The number of nitrogens with one attached hydrogen (secondary N) is 1. The Hall–Kier alpha value is -3.02. The van der Waals surface area contributed by atoms with E-state index in [1.165, 1.54) is 19.3 Å². The summed E-state index contributed by atoms with van der Waals surface area (Å²) in [5, 5.41) is 3.24. The molecule has 1 N–H and O–H groups in total. The highest BCUT2D eigenvalue weighted by Crippen LogP contribution is 2.34. The highest BCUT2D eigenvalue weighted by atomic mass is 16.5. The van der Waals surface area contributed by atoms with Crippen molar-refractivity contribution < 1.29 is 13.9 Å². The van der Waals surface area contributed by atoms with Crippen LogP contribution in [0.4, 0.5) is 4.79 Å². The van der Waals surface area contributed by atoms with Crippen molar-refractivity contribution in [2.24, 2.45) is 0 Å². The third kappa shape index (κ3) is 4.11. The second kappa shape index (κ2) is 8.61. The molecule has 31 heavy (non-hydrogen) atoms. The largest absolute Gasteiger partial charge is 0.497 e. The maximum absolute atomic E-state index is 12.9. The Labute approximate surface area is 182 Å². The molecule has 6 heteroatoms. The first kappa shape index (κ1) is 19.9. The van der Waals surface area contributed by atoms with Crippen molar-refractivity contribution in [2.45, 2.75) is 57.0 Å². The number of amides is 2. The third-order valence-electron chi connectivity index (χ3n) is 6.56. The van der Waals surface area contributed by atoms with Gasteiger partial charge in [0.1, 0.15) is 17.3 Å². The van der Waals surface area contributed by atoms with Gasteiger partial charge in [-0.2, -0.15) is 0 Å². The van der Waals surface area contributed by atoms with E-state index in [1.54, 1.807) is 7.11 Å². The summed E-state index contributed by atoms with van der Waals surface area (Å²) in [6.07, 6.45) is 7.71. The number of hydrogen-bond acceptors (Lipinski definition) is 4. The first-order chi connectivity index (χ1) is 15.2. The number of nitrogens with zero attached hydrogens (tertiary/aromatic N) is 2. The van der Waals surface area contributed by atoms with Crippen LogP contribution in [0, 0.1) is 0 Å². The molecule has 0 bridgehead atoms. The van der Waals surface area contributed by atoms with Crippen molar-refractivity contribution in [3.05, 3.63) is 48.4 Å². The number of urea groups is 1. The summed E-state index contributed by atoms with van der Waals surface area (Å²) < 4.78 is 11.3. The number of carbonyl (C=O) groups is 1. The lowest BCUT2D eigenvalue weighted by Crippen LogP contribution is -2.45. The SMILES string of the molecule is COc1ccc(-c2ccc3oc([C@@H]4CCCN4C(=O)NC4CCCCC4)nc3c2)cc1. The topological polar surface area (TPSA) is 67.6 Å². The Balaban J connectivity index is 1.35. The molecular formula is C25H29N3O3. The molecule has 1 atom stereocenters. The monoisotopic (exact) mass is 419 g/mol. The molecule has 1 saturated heterocycles. The van der Waals surface area contributed by atoms with E-state index in [4.69, 9.17) is 14.1 Å². The van der Waals surface area contributed by atoms with Crippen molar-refractivity contribution >= 4 is 17.1 Å². The molecule has 0 radical (unpaired) electrons. The second-order valence-corrected chi connectivity index (χ2v) is 8.60. The minimum atomic E-state index is -0.0968. The van der Waals surface area contributed by atoms with Crippen molar-refractivity contribution in [3.8, 4) is 16.9 Å². The lowest BCUT2D eigenvalue weighted by Gasteiger charge is -2.28. The van der Waals surface area contributed by atoms with Crippen molar-refractivity contribution in [2.75, 3.05) is 13.7 Å². The van der Waals surface area contributed by atoms with Gasteiger partial charge in [-0.3, -0.25) is 0 Å². The summed E-state index contributed by atoms with van der Waals surface area (Å²) >= 11 is 0. The number of ether oxygens (including phenoxy) is 1. The number of oxazole rings is 1. The Morgan fingerprint density at radius 2 is 1.81 bits per heavy atom. The Kier molecular flexibility index (Phi) is 5.53. The van der Waals surface area contributed by atoms with Crippen LogP contribution in [0.15, 0.2) is 46.9 Å². The molecule has 6 nitrogen and oxygen atoms in total. The van der Waals surface area contributed by atoms with E-state index in [0.717, 1.165) is 60.2 Å². The number of likely N-dealkylation sites (tertiary alicyclic amines) is 1. The van der Waals surface area contributed by atoms with Crippen LogP contribution >= 0.6 is 0 Å². The fourth-order valence-corrected chi connectivity index (χ4v) is 4.82. The minimum Gasteiger partial charge on any atom is -0.497 e. The molecule has 2 aliphatic rings. The van der Waals surface area contributed by atoms with E-state index in [2.05, 4.69) is 5.32 Å². The lowest BCUT2D eigenvalue weighted by molar-refractivity contribution is 0.178. The zero-order valence-electron chi connectivity index (χ0n) is 18.0. The van der Waals surface area contributed by atoms with Gasteiger partial charge in [-0.25, -0.2) is 9.78 Å². The highest BCUT2D eigenvalue weighted by Gasteiger charge is 2.34. The molecule has 2 fully saturated rings. The van der Waals surface area contributed by atoms with Crippen molar-refractivity contribution in [3.63, 3.8) is 0 Å². The highest BCUT2D eigenvalue weighted by molar-refractivity contribution is 5.81. The van der Waals surface area contributed by atoms with Gasteiger partial charge in [0.25, 0.3) is 0 Å². The first-order valence-electron chi connectivity index (χ1n) is 11.3. The summed E-state index contributed by atoms with van der Waals surface area (Å²) in [5.41, 5.74) is 3.75. The van der Waals surface area contributed by atoms with Gasteiger partial charge in [-0.05, 0) is 61.1 Å². The molecule has 1 aliphatic heterocycles. The lowest BCUT2D eigenvalue weighted by atomic mass is 9.96. The van der Waals surface area contributed by atoms with E-state index in [1.807, 2.05) is 47.4 Å². The molecule has 1 aromatic heterocycles. The van der Waals surface area contributed by atoms with Gasteiger partial charge in [0.05, 0.1) is 7.11 Å². The number of aromatic nitrogens is 1. The zero-order chi connectivity index (χ0) is 21.2. The van der Waals surface area contributed by atoms with Crippen LogP contribution < -0.4 is 10.1 Å². The van der Waals surface area contributed by atoms with Gasteiger partial charge >= 0.3 is 6.03 Å². The molecule has 2 amide bonds. The summed E-state index contributed by atoms with van der Waals surface area (Å²) in [7, 11) is 1.67. The van der Waals surface area contributed by atoms with Crippen LogP contribution in [0.25, 0.3) is 22.2 Å². The van der Waals surface area contributed by atoms with E-state index < -0.39 is 0 Å². The maximum atomic E-state index is 12.9.